The van der Waals surface area contributed by atoms with Gasteiger partial charge in [0, 0.05) is 32.9 Å². The van der Waals surface area contributed by atoms with E-state index in [0.717, 1.165) is 29.8 Å². The Morgan fingerprint density at radius 1 is 0.952 bits per heavy atom. The molecule has 21 heavy (non-hydrogen) atoms. The molecule has 0 saturated heterocycles. The molecule has 0 N–H and O–H groups in total. The Bertz CT molecular complexity index is 463. The van der Waals surface area contributed by atoms with Crippen molar-refractivity contribution in [3.05, 3.63) is 34.4 Å². The van der Waals surface area contributed by atoms with Crippen LogP contribution in [0.25, 0.3) is 0 Å². The zero-order valence-corrected chi connectivity index (χ0v) is 13.9. The maximum atomic E-state index is 12.5. The van der Waals surface area contributed by atoms with Crippen LogP contribution in [0.1, 0.15) is 27.0 Å². The normalized spacial score (nSPS) is 11.1. The highest BCUT2D eigenvalue weighted by atomic mass is 16.5. The minimum Gasteiger partial charge on any atom is -0.383 e. The summed E-state index contributed by atoms with van der Waals surface area (Å²) in [5, 5.41) is 0. The van der Waals surface area contributed by atoms with Crippen LogP contribution in [0.4, 0.5) is 0 Å². The smallest absolute Gasteiger partial charge is 0.177 e. The molecule has 0 aliphatic rings. The standard InChI is InChI=1S/C17H27NO3/c1-13-10-15(3)16(11-14(13)2)17(19)12-18(6-8-20-4)7-9-21-5/h10-11H,6-9,12H2,1-5H3. The van der Waals surface area contributed by atoms with Crippen LogP contribution in [0.3, 0.4) is 0 Å². The van der Waals surface area contributed by atoms with Crippen molar-refractivity contribution in [1.82, 2.24) is 4.90 Å². The summed E-state index contributed by atoms with van der Waals surface area (Å²) in [5.74, 6) is 0.155. The second-order valence-corrected chi connectivity index (χ2v) is 5.44. The minimum absolute atomic E-state index is 0.155. The summed E-state index contributed by atoms with van der Waals surface area (Å²) in [7, 11) is 3.34. The van der Waals surface area contributed by atoms with Crippen LogP contribution in [0.15, 0.2) is 12.1 Å². The predicted molar refractivity (Wildman–Crippen MR) is 85.2 cm³/mol. The zero-order valence-electron chi connectivity index (χ0n) is 13.9. The van der Waals surface area contributed by atoms with Gasteiger partial charge in [0.15, 0.2) is 5.78 Å². The molecule has 0 aromatic heterocycles. The first kappa shape index (κ1) is 17.8. The fraction of sp³-hybridized carbons (Fsp3) is 0.588. The topological polar surface area (TPSA) is 38.8 Å². The van der Waals surface area contributed by atoms with Crippen LogP contribution in [0, 0.1) is 20.8 Å². The van der Waals surface area contributed by atoms with Gasteiger partial charge in [-0.1, -0.05) is 6.07 Å². The summed E-state index contributed by atoms with van der Waals surface area (Å²) >= 11 is 0. The molecular formula is C17H27NO3. The first-order valence-corrected chi connectivity index (χ1v) is 7.30. The van der Waals surface area contributed by atoms with Crippen molar-refractivity contribution in [3.63, 3.8) is 0 Å². The minimum atomic E-state index is 0.155. The molecule has 1 aromatic carbocycles. The van der Waals surface area contributed by atoms with Crippen molar-refractivity contribution in [2.75, 3.05) is 47.1 Å². The molecule has 1 aromatic rings. The summed E-state index contributed by atoms with van der Waals surface area (Å²) in [6.07, 6.45) is 0. The Hall–Kier alpha value is -1.23. The maximum absolute atomic E-state index is 12.5. The van der Waals surface area contributed by atoms with Crippen LogP contribution in [0.2, 0.25) is 0 Å². The molecule has 0 bridgehead atoms. The fourth-order valence-corrected chi connectivity index (χ4v) is 2.26. The number of hydrogen-bond donors (Lipinski definition) is 0. The number of methoxy groups -OCH3 is 2. The van der Waals surface area contributed by atoms with Gasteiger partial charge in [-0.05, 0) is 43.5 Å². The van der Waals surface area contributed by atoms with E-state index < -0.39 is 0 Å². The Kier molecular flexibility index (Phi) is 7.57. The van der Waals surface area contributed by atoms with Crippen LogP contribution in [-0.2, 0) is 9.47 Å². The van der Waals surface area contributed by atoms with Crippen LogP contribution >= 0.6 is 0 Å². The molecule has 0 spiro atoms. The molecule has 0 aliphatic carbocycles. The molecule has 0 amide bonds. The predicted octanol–water partition coefficient (Wildman–Crippen LogP) is 2.39. The highest BCUT2D eigenvalue weighted by Gasteiger charge is 2.15. The van der Waals surface area contributed by atoms with Gasteiger partial charge >= 0.3 is 0 Å². The Morgan fingerprint density at radius 2 is 1.48 bits per heavy atom. The van der Waals surface area contributed by atoms with Crippen molar-refractivity contribution < 1.29 is 14.3 Å². The first-order valence-electron chi connectivity index (χ1n) is 7.30. The van der Waals surface area contributed by atoms with E-state index in [9.17, 15) is 4.79 Å². The molecule has 0 atom stereocenters. The van der Waals surface area contributed by atoms with Crippen molar-refractivity contribution in [2.24, 2.45) is 0 Å². The summed E-state index contributed by atoms with van der Waals surface area (Å²) in [6, 6.07) is 4.08. The lowest BCUT2D eigenvalue weighted by Gasteiger charge is -2.21. The third-order valence-electron chi connectivity index (χ3n) is 3.73. The second kappa shape index (κ2) is 8.93. The molecule has 0 heterocycles. The van der Waals surface area contributed by atoms with Gasteiger partial charge in [0.1, 0.15) is 0 Å². The van der Waals surface area contributed by atoms with E-state index in [0.29, 0.717) is 19.8 Å². The Balaban J connectivity index is 2.78. The van der Waals surface area contributed by atoms with E-state index >= 15 is 0 Å². The zero-order chi connectivity index (χ0) is 15.8. The molecule has 0 radical (unpaired) electrons. The maximum Gasteiger partial charge on any atom is 0.177 e. The third kappa shape index (κ3) is 5.58. The van der Waals surface area contributed by atoms with E-state index in [-0.39, 0.29) is 5.78 Å². The lowest BCUT2D eigenvalue weighted by atomic mass is 9.98. The van der Waals surface area contributed by atoms with Crippen LogP contribution < -0.4 is 0 Å². The molecule has 4 nitrogen and oxygen atoms in total. The van der Waals surface area contributed by atoms with Gasteiger partial charge in [0.2, 0.25) is 0 Å². The highest BCUT2D eigenvalue weighted by molar-refractivity contribution is 5.99. The number of nitrogens with zero attached hydrogens (tertiary/aromatic N) is 1. The van der Waals surface area contributed by atoms with Crippen LogP contribution in [0.5, 0.6) is 0 Å². The number of carbonyl (C=O) groups excluding carboxylic acids is 1. The summed E-state index contributed by atoms with van der Waals surface area (Å²) in [5.41, 5.74) is 4.24. The number of ketones is 1. The van der Waals surface area contributed by atoms with Gasteiger partial charge in [-0.15, -0.1) is 0 Å². The van der Waals surface area contributed by atoms with Gasteiger partial charge in [-0.25, -0.2) is 0 Å². The van der Waals surface area contributed by atoms with Crippen molar-refractivity contribution in [3.8, 4) is 0 Å². The monoisotopic (exact) mass is 293 g/mol. The second-order valence-electron chi connectivity index (χ2n) is 5.44. The number of benzene rings is 1. The molecule has 4 heteroatoms. The van der Waals surface area contributed by atoms with E-state index in [1.165, 1.54) is 5.56 Å². The van der Waals surface area contributed by atoms with Crippen molar-refractivity contribution >= 4 is 5.78 Å². The average molecular weight is 293 g/mol. The number of hydrogen-bond acceptors (Lipinski definition) is 4. The molecule has 0 fully saturated rings. The van der Waals surface area contributed by atoms with E-state index in [1.807, 2.05) is 19.9 Å². The van der Waals surface area contributed by atoms with Crippen LogP contribution in [-0.4, -0.2) is 57.8 Å². The molecule has 0 aliphatic heterocycles. The molecule has 1 rings (SSSR count). The lowest BCUT2D eigenvalue weighted by molar-refractivity contribution is 0.0836. The van der Waals surface area contributed by atoms with Gasteiger partial charge in [0.05, 0.1) is 19.8 Å². The summed E-state index contributed by atoms with van der Waals surface area (Å²) in [6.45, 7) is 9.19. The van der Waals surface area contributed by atoms with E-state index in [2.05, 4.69) is 17.9 Å². The SMILES string of the molecule is COCCN(CCOC)CC(=O)c1cc(C)c(C)cc1C. The number of rotatable bonds is 9. The quantitative estimate of drug-likeness (QED) is 0.655. The average Bonchev–Trinajstić information content (AvgIpc) is 2.45. The molecular weight excluding hydrogens is 266 g/mol. The van der Waals surface area contributed by atoms with Gasteiger partial charge in [0.25, 0.3) is 0 Å². The lowest BCUT2D eigenvalue weighted by Crippen LogP contribution is -2.35. The van der Waals surface area contributed by atoms with Gasteiger partial charge in [-0.2, -0.15) is 0 Å². The third-order valence-corrected chi connectivity index (χ3v) is 3.73. The number of carbonyl (C=O) groups is 1. The van der Waals surface area contributed by atoms with E-state index in [4.69, 9.17) is 9.47 Å². The Labute approximate surface area is 128 Å². The largest absolute Gasteiger partial charge is 0.383 e. The highest BCUT2D eigenvalue weighted by Crippen LogP contribution is 2.16. The first-order chi connectivity index (χ1) is 9.99. The fourth-order valence-electron chi connectivity index (χ4n) is 2.26. The van der Waals surface area contributed by atoms with Crippen molar-refractivity contribution in [2.45, 2.75) is 20.8 Å². The molecule has 0 saturated carbocycles. The molecule has 0 unspecified atom stereocenters. The number of Topliss-reactive ketones (excluding diaryl/α,β-unsaturated/α-hetero) is 1. The van der Waals surface area contributed by atoms with Crippen molar-refractivity contribution in [1.29, 1.82) is 0 Å². The number of aryl methyl sites for hydroxylation is 3. The molecule has 118 valence electrons. The van der Waals surface area contributed by atoms with E-state index in [1.54, 1.807) is 14.2 Å². The van der Waals surface area contributed by atoms with Gasteiger partial charge in [-0.3, -0.25) is 9.69 Å². The summed E-state index contributed by atoms with van der Waals surface area (Å²) in [4.78, 5) is 14.6. The number of ether oxygens (including phenoxy) is 2. The van der Waals surface area contributed by atoms with Gasteiger partial charge < -0.3 is 9.47 Å². The Morgan fingerprint density at radius 3 is 2.00 bits per heavy atom. The summed E-state index contributed by atoms with van der Waals surface area (Å²) < 4.78 is 10.2.